The van der Waals surface area contributed by atoms with E-state index in [9.17, 15) is 19.5 Å². The number of aromatic hydroxyl groups is 1. The molecule has 1 aliphatic heterocycles. The van der Waals surface area contributed by atoms with Crippen LogP contribution in [0.2, 0.25) is 0 Å². The summed E-state index contributed by atoms with van der Waals surface area (Å²) in [5.41, 5.74) is 2.15. The Morgan fingerprint density at radius 2 is 1.80 bits per heavy atom. The third-order valence-electron chi connectivity index (χ3n) is 7.10. The van der Waals surface area contributed by atoms with Crippen LogP contribution in [0.5, 0.6) is 17.2 Å². The van der Waals surface area contributed by atoms with Crippen LogP contribution in [0.25, 0.3) is 6.08 Å². The minimum atomic E-state index is -0.889. The zero-order valence-electron chi connectivity index (χ0n) is 25.7. The van der Waals surface area contributed by atoms with Crippen LogP contribution in [0.1, 0.15) is 51.8 Å². The van der Waals surface area contributed by atoms with Crippen LogP contribution in [-0.2, 0) is 19.1 Å². The van der Waals surface area contributed by atoms with E-state index >= 15 is 0 Å². The Labute approximate surface area is 259 Å². The fraction of sp³-hybridized carbons (Fsp3) is 0.375. The topological polar surface area (TPSA) is 129 Å². The van der Waals surface area contributed by atoms with Crippen molar-refractivity contribution < 1.29 is 33.6 Å². The van der Waals surface area contributed by atoms with Crippen molar-refractivity contribution in [1.82, 2.24) is 4.57 Å². The summed E-state index contributed by atoms with van der Waals surface area (Å²) in [6.07, 6.45) is 1.63. The van der Waals surface area contributed by atoms with Gasteiger partial charge >= 0.3 is 11.9 Å². The standard InChI is InChI=1S/C32H37N3O8S/c1-7-34(8-2)22-13-11-20(23(36)17-22)16-26-30(38)35-29(28(31(39)42-10-4)19(5)33-32(35)44-26)21-12-14-24(25(15-21)41-9-3)43-18-27(37)40-6/h11-17,29,36H,7-10,18H2,1-6H3/b26-16-/t29-/m1/s1. The number of hydrogen-bond acceptors (Lipinski definition) is 11. The number of benzene rings is 2. The number of esters is 2. The maximum Gasteiger partial charge on any atom is 0.343 e. The Bertz CT molecular complexity index is 1750. The van der Waals surface area contributed by atoms with Crippen LogP contribution < -0.4 is 29.3 Å². The summed E-state index contributed by atoms with van der Waals surface area (Å²) in [7, 11) is 1.27. The van der Waals surface area contributed by atoms with Crippen LogP contribution in [0.15, 0.2) is 57.5 Å². The monoisotopic (exact) mass is 623 g/mol. The SMILES string of the molecule is CCOC(=O)C1=C(C)N=c2s/c(=C\c3ccc(N(CC)CC)cc3O)c(=O)n2[C@@H]1c1ccc(OCC(=O)OC)c(OCC)c1. The maximum absolute atomic E-state index is 14.0. The van der Waals surface area contributed by atoms with Crippen molar-refractivity contribution in [3.05, 3.63) is 78.5 Å². The second kappa shape index (κ2) is 14.3. The van der Waals surface area contributed by atoms with Gasteiger partial charge in [0, 0.05) is 30.4 Å². The number of phenols is 1. The quantitative estimate of drug-likeness (QED) is 0.302. The van der Waals surface area contributed by atoms with Gasteiger partial charge in [0.2, 0.25) is 0 Å². The molecule has 4 rings (SSSR count). The number of methoxy groups -OCH3 is 1. The molecule has 0 saturated carbocycles. The van der Waals surface area contributed by atoms with E-state index in [1.165, 1.54) is 11.7 Å². The molecule has 0 aliphatic carbocycles. The molecule has 0 unspecified atom stereocenters. The lowest BCUT2D eigenvalue weighted by molar-refractivity contribution is -0.143. The highest BCUT2D eigenvalue weighted by molar-refractivity contribution is 7.07. The van der Waals surface area contributed by atoms with Gasteiger partial charge < -0.3 is 29.0 Å². The molecule has 234 valence electrons. The van der Waals surface area contributed by atoms with E-state index in [1.807, 2.05) is 19.9 Å². The molecule has 0 radical (unpaired) electrons. The van der Waals surface area contributed by atoms with Crippen molar-refractivity contribution in [1.29, 1.82) is 0 Å². The zero-order valence-corrected chi connectivity index (χ0v) is 26.5. The molecule has 0 spiro atoms. The predicted octanol–water partition coefficient (Wildman–Crippen LogP) is 3.30. The lowest BCUT2D eigenvalue weighted by atomic mass is 9.95. The molecule has 1 N–H and O–H groups in total. The average molecular weight is 624 g/mol. The number of aromatic nitrogens is 1. The first-order chi connectivity index (χ1) is 21.2. The summed E-state index contributed by atoms with van der Waals surface area (Å²) >= 11 is 1.16. The van der Waals surface area contributed by atoms with Crippen molar-refractivity contribution in [3.8, 4) is 17.2 Å². The number of ether oxygens (including phenoxy) is 4. The van der Waals surface area contributed by atoms with E-state index < -0.39 is 18.0 Å². The number of rotatable bonds is 12. The molecule has 0 fully saturated rings. The Morgan fingerprint density at radius 3 is 2.43 bits per heavy atom. The van der Waals surface area contributed by atoms with E-state index in [0.717, 1.165) is 30.1 Å². The highest BCUT2D eigenvalue weighted by Gasteiger charge is 2.34. The molecule has 44 heavy (non-hydrogen) atoms. The van der Waals surface area contributed by atoms with Crippen LogP contribution in [0.3, 0.4) is 0 Å². The first-order valence-corrected chi connectivity index (χ1v) is 15.2. The van der Waals surface area contributed by atoms with Gasteiger partial charge in [-0.25, -0.2) is 14.6 Å². The molecule has 12 heteroatoms. The van der Waals surface area contributed by atoms with Crippen molar-refractivity contribution >= 4 is 35.0 Å². The maximum atomic E-state index is 14.0. The summed E-state index contributed by atoms with van der Waals surface area (Å²) in [5.74, 6) is -0.478. The third-order valence-corrected chi connectivity index (χ3v) is 8.09. The molecule has 2 heterocycles. The van der Waals surface area contributed by atoms with Gasteiger partial charge in [-0.2, -0.15) is 0 Å². The Morgan fingerprint density at radius 1 is 1.05 bits per heavy atom. The van der Waals surface area contributed by atoms with Gasteiger partial charge in [0.1, 0.15) is 5.75 Å². The van der Waals surface area contributed by atoms with E-state index in [2.05, 4.69) is 14.6 Å². The van der Waals surface area contributed by atoms with Gasteiger partial charge in [-0.1, -0.05) is 17.4 Å². The van der Waals surface area contributed by atoms with Gasteiger partial charge in [-0.3, -0.25) is 9.36 Å². The molecule has 1 aliphatic rings. The van der Waals surface area contributed by atoms with Crippen molar-refractivity contribution in [2.24, 2.45) is 4.99 Å². The van der Waals surface area contributed by atoms with Crippen molar-refractivity contribution in [2.75, 3.05) is 44.9 Å². The number of nitrogens with zero attached hydrogens (tertiary/aromatic N) is 3. The van der Waals surface area contributed by atoms with E-state index in [-0.39, 0.29) is 30.1 Å². The molecular weight excluding hydrogens is 586 g/mol. The Kier molecular flexibility index (Phi) is 10.5. The summed E-state index contributed by atoms with van der Waals surface area (Å²) < 4.78 is 23.3. The van der Waals surface area contributed by atoms with Gasteiger partial charge in [-0.15, -0.1) is 0 Å². The third kappa shape index (κ3) is 6.65. The number of allylic oxidation sites excluding steroid dienone is 1. The summed E-state index contributed by atoms with van der Waals surface area (Å²) in [6.45, 7) is 11.0. The largest absolute Gasteiger partial charge is 0.507 e. The van der Waals surface area contributed by atoms with Crippen LogP contribution in [-0.4, -0.2) is 61.6 Å². The number of anilines is 1. The lowest BCUT2D eigenvalue weighted by Crippen LogP contribution is -2.40. The minimum Gasteiger partial charge on any atom is -0.507 e. The number of fused-ring (bicyclic) bond motifs is 1. The fourth-order valence-corrected chi connectivity index (χ4v) is 6.00. The number of hydrogen-bond donors (Lipinski definition) is 1. The zero-order chi connectivity index (χ0) is 32.0. The van der Waals surface area contributed by atoms with E-state index in [1.54, 1.807) is 57.2 Å². The van der Waals surface area contributed by atoms with E-state index in [0.29, 0.717) is 44.3 Å². The van der Waals surface area contributed by atoms with Gasteiger partial charge in [-0.05, 0) is 70.5 Å². The predicted molar refractivity (Wildman–Crippen MR) is 167 cm³/mol. The molecule has 0 saturated heterocycles. The first kappa shape index (κ1) is 32.3. The Hall–Kier alpha value is -4.58. The average Bonchev–Trinajstić information content (AvgIpc) is 3.31. The number of phenolic OH excluding ortho intramolecular Hbond substituents is 1. The van der Waals surface area contributed by atoms with Crippen molar-refractivity contribution in [3.63, 3.8) is 0 Å². The van der Waals surface area contributed by atoms with Crippen LogP contribution in [0.4, 0.5) is 5.69 Å². The van der Waals surface area contributed by atoms with Crippen LogP contribution >= 0.6 is 11.3 Å². The smallest absolute Gasteiger partial charge is 0.343 e. The van der Waals surface area contributed by atoms with Crippen molar-refractivity contribution in [2.45, 2.75) is 40.7 Å². The number of carbonyl (C=O) groups is 2. The molecule has 11 nitrogen and oxygen atoms in total. The van der Waals surface area contributed by atoms with Crippen LogP contribution in [0, 0.1) is 0 Å². The van der Waals surface area contributed by atoms with E-state index in [4.69, 9.17) is 14.2 Å². The summed E-state index contributed by atoms with van der Waals surface area (Å²) in [6, 6.07) is 9.46. The molecule has 0 amide bonds. The molecule has 0 bridgehead atoms. The molecule has 1 aromatic heterocycles. The number of carbonyl (C=O) groups excluding carboxylic acids is 2. The highest BCUT2D eigenvalue weighted by atomic mass is 32.1. The second-order valence-corrected chi connectivity index (χ2v) is 10.7. The molecule has 2 aromatic carbocycles. The first-order valence-electron chi connectivity index (χ1n) is 14.4. The molecule has 1 atom stereocenters. The highest BCUT2D eigenvalue weighted by Crippen LogP contribution is 2.36. The van der Waals surface area contributed by atoms with Gasteiger partial charge in [0.15, 0.2) is 22.9 Å². The summed E-state index contributed by atoms with van der Waals surface area (Å²) in [4.78, 5) is 46.1. The second-order valence-electron chi connectivity index (χ2n) is 9.72. The molecule has 3 aromatic rings. The Balaban J connectivity index is 1.87. The number of thiazole rings is 1. The lowest BCUT2D eigenvalue weighted by Gasteiger charge is -2.25. The minimum absolute atomic E-state index is 0.0454. The normalized spacial score (nSPS) is 14.5. The summed E-state index contributed by atoms with van der Waals surface area (Å²) in [5, 5.41) is 10.8. The fourth-order valence-electron chi connectivity index (χ4n) is 4.97. The molecular formula is C32H37N3O8S. The van der Waals surface area contributed by atoms with Gasteiger partial charge in [0.25, 0.3) is 5.56 Å². The van der Waals surface area contributed by atoms with Gasteiger partial charge in [0.05, 0.1) is 42.2 Å².